The van der Waals surface area contributed by atoms with Gasteiger partial charge >= 0.3 is 6.03 Å². The lowest BCUT2D eigenvalue weighted by Crippen LogP contribution is -2.47. The van der Waals surface area contributed by atoms with Crippen molar-refractivity contribution in [3.8, 4) is 0 Å². The highest BCUT2D eigenvalue weighted by atomic mass is 35.5. The van der Waals surface area contributed by atoms with Crippen LogP contribution in [0.25, 0.3) is 0 Å². The first kappa shape index (κ1) is 14.7. The molecule has 2 N–H and O–H groups in total. The van der Waals surface area contributed by atoms with Crippen molar-refractivity contribution in [1.29, 1.82) is 0 Å². The third-order valence-electron chi connectivity index (χ3n) is 3.24. The summed E-state index contributed by atoms with van der Waals surface area (Å²) in [4.78, 5) is 25.6. The van der Waals surface area contributed by atoms with Crippen molar-refractivity contribution < 1.29 is 9.59 Å². The molecule has 1 heterocycles. The van der Waals surface area contributed by atoms with E-state index in [0.29, 0.717) is 10.7 Å². The van der Waals surface area contributed by atoms with Gasteiger partial charge in [0.15, 0.2) is 0 Å². The zero-order chi connectivity index (χ0) is 14.5. The summed E-state index contributed by atoms with van der Waals surface area (Å²) in [5.41, 5.74) is 0.632. The molecule has 1 aliphatic heterocycles. The van der Waals surface area contributed by atoms with E-state index in [9.17, 15) is 9.59 Å². The minimum absolute atomic E-state index is 0.0336. The Morgan fingerprint density at radius 2 is 1.80 bits per heavy atom. The van der Waals surface area contributed by atoms with E-state index in [4.69, 9.17) is 11.6 Å². The molecule has 3 amide bonds. The molecule has 0 radical (unpaired) electrons. The fourth-order valence-electron chi connectivity index (χ4n) is 2.17. The number of carbonyl (C=O) groups is 2. The Bertz CT molecular complexity index is 484. The summed E-state index contributed by atoms with van der Waals surface area (Å²) >= 11 is 5.77. The number of hydrogen-bond acceptors (Lipinski definition) is 2. The molecule has 1 fully saturated rings. The number of hydrogen-bond donors (Lipinski definition) is 2. The molecule has 20 heavy (non-hydrogen) atoms. The maximum atomic E-state index is 12.0. The SMILES string of the molecule is C[C@@H](NC(=O)Nc1ccc(Cl)cc1)C(=O)N1CCCC1. The molecule has 0 spiro atoms. The van der Waals surface area contributed by atoms with Gasteiger partial charge in [0.2, 0.25) is 5.91 Å². The molecule has 2 rings (SSSR count). The molecule has 0 bridgehead atoms. The van der Waals surface area contributed by atoms with Gasteiger partial charge in [-0.1, -0.05) is 11.6 Å². The molecule has 0 aliphatic carbocycles. The summed E-state index contributed by atoms with van der Waals surface area (Å²) in [6.45, 7) is 3.26. The molecule has 1 atom stereocenters. The molecule has 0 saturated carbocycles. The Morgan fingerprint density at radius 1 is 1.20 bits per heavy atom. The van der Waals surface area contributed by atoms with Gasteiger partial charge in [-0.15, -0.1) is 0 Å². The van der Waals surface area contributed by atoms with Gasteiger partial charge in [-0.05, 0) is 44.0 Å². The molecule has 5 nitrogen and oxygen atoms in total. The van der Waals surface area contributed by atoms with E-state index in [1.807, 2.05) is 0 Å². The molecule has 6 heteroatoms. The maximum Gasteiger partial charge on any atom is 0.319 e. The van der Waals surface area contributed by atoms with Crippen LogP contribution in [0.1, 0.15) is 19.8 Å². The lowest BCUT2D eigenvalue weighted by molar-refractivity contribution is -0.131. The number of halogens is 1. The normalized spacial score (nSPS) is 15.8. The predicted molar refractivity (Wildman–Crippen MR) is 78.9 cm³/mol. The molecular formula is C14H18ClN3O2. The van der Waals surface area contributed by atoms with Crippen LogP contribution >= 0.6 is 11.6 Å². The van der Waals surface area contributed by atoms with Crippen molar-refractivity contribution in [3.63, 3.8) is 0 Å². The highest BCUT2D eigenvalue weighted by Crippen LogP contribution is 2.13. The Labute approximate surface area is 123 Å². The van der Waals surface area contributed by atoms with Gasteiger partial charge in [-0.25, -0.2) is 4.79 Å². The third kappa shape index (κ3) is 3.87. The largest absolute Gasteiger partial charge is 0.341 e. The Kier molecular flexibility index (Phi) is 4.84. The number of amides is 3. The smallest absolute Gasteiger partial charge is 0.319 e. The minimum Gasteiger partial charge on any atom is -0.341 e. The molecule has 0 unspecified atom stereocenters. The number of nitrogens with one attached hydrogen (secondary N) is 2. The summed E-state index contributed by atoms with van der Waals surface area (Å²) in [6.07, 6.45) is 2.07. The van der Waals surface area contributed by atoms with Crippen LogP contribution in [-0.4, -0.2) is 36.0 Å². The van der Waals surface area contributed by atoms with Crippen molar-refractivity contribution in [3.05, 3.63) is 29.3 Å². The average molecular weight is 296 g/mol. The number of likely N-dealkylation sites (tertiary alicyclic amines) is 1. The minimum atomic E-state index is -0.527. The quantitative estimate of drug-likeness (QED) is 0.900. The van der Waals surface area contributed by atoms with Crippen LogP contribution in [0.4, 0.5) is 10.5 Å². The topological polar surface area (TPSA) is 61.4 Å². The van der Waals surface area contributed by atoms with Gasteiger partial charge in [-0.3, -0.25) is 4.79 Å². The fourth-order valence-corrected chi connectivity index (χ4v) is 2.30. The van der Waals surface area contributed by atoms with Gasteiger partial charge < -0.3 is 15.5 Å². The van der Waals surface area contributed by atoms with E-state index in [1.165, 1.54) is 0 Å². The number of urea groups is 1. The molecular weight excluding hydrogens is 278 g/mol. The maximum absolute atomic E-state index is 12.0. The fraction of sp³-hybridized carbons (Fsp3) is 0.429. The van der Waals surface area contributed by atoms with E-state index >= 15 is 0 Å². The second kappa shape index (κ2) is 6.61. The van der Waals surface area contributed by atoms with Crippen LogP contribution in [0.3, 0.4) is 0 Å². The number of rotatable bonds is 3. The molecule has 1 aromatic carbocycles. The predicted octanol–water partition coefficient (Wildman–Crippen LogP) is 2.47. The van der Waals surface area contributed by atoms with Crippen molar-refractivity contribution in [1.82, 2.24) is 10.2 Å². The Balaban J connectivity index is 1.84. The molecule has 1 aromatic rings. The van der Waals surface area contributed by atoms with Crippen LogP contribution in [0.15, 0.2) is 24.3 Å². The lowest BCUT2D eigenvalue weighted by Gasteiger charge is -2.21. The van der Waals surface area contributed by atoms with Crippen molar-refractivity contribution >= 4 is 29.2 Å². The van der Waals surface area contributed by atoms with E-state index in [-0.39, 0.29) is 5.91 Å². The van der Waals surface area contributed by atoms with Crippen molar-refractivity contribution in [2.75, 3.05) is 18.4 Å². The second-order valence-corrected chi connectivity index (χ2v) is 5.30. The Hall–Kier alpha value is -1.75. The summed E-state index contributed by atoms with van der Waals surface area (Å²) < 4.78 is 0. The highest BCUT2D eigenvalue weighted by molar-refractivity contribution is 6.30. The van der Waals surface area contributed by atoms with Crippen LogP contribution in [0.5, 0.6) is 0 Å². The first-order valence-corrected chi connectivity index (χ1v) is 7.06. The first-order valence-electron chi connectivity index (χ1n) is 6.68. The second-order valence-electron chi connectivity index (χ2n) is 4.86. The first-order chi connectivity index (χ1) is 9.56. The summed E-state index contributed by atoms with van der Waals surface area (Å²) in [5.74, 6) is -0.0336. The van der Waals surface area contributed by atoms with Crippen LogP contribution < -0.4 is 10.6 Å². The van der Waals surface area contributed by atoms with Gasteiger partial charge in [0, 0.05) is 23.8 Å². The van der Waals surface area contributed by atoms with Crippen molar-refractivity contribution in [2.45, 2.75) is 25.8 Å². The van der Waals surface area contributed by atoms with E-state index < -0.39 is 12.1 Å². The molecule has 108 valence electrons. The summed E-state index contributed by atoms with van der Waals surface area (Å²) in [6, 6.07) is 5.86. The average Bonchev–Trinajstić information content (AvgIpc) is 2.94. The standard InChI is InChI=1S/C14H18ClN3O2/c1-10(13(19)18-8-2-3-9-18)16-14(20)17-12-6-4-11(15)5-7-12/h4-7,10H,2-3,8-9H2,1H3,(H2,16,17,20)/t10-/m1/s1. The number of benzene rings is 1. The Morgan fingerprint density at radius 3 is 2.40 bits per heavy atom. The van der Waals surface area contributed by atoms with E-state index in [2.05, 4.69) is 10.6 Å². The summed E-state index contributed by atoms with van der Waals surface area (Å²) in [7, 11) is 0. The van der Waals surface area contributed by atoms with Crippen molar-refractivity contribution in [2.24, 2.45) is 0 Å². The summed E-state index contributed by atoms with van der Waals surface area (Å²) in [5, 5.41) is 5.92. The number of carbonyl (C=O) groups excluding carboxylic acids is 2. The van der Waals surface area contributed by atoms with E-state index in [1.54, 1.807) is 36.1 Å². The van der Waals surface area contributed by atoms with Gasteiger partial charge in [-0.2, -0.15) is 0 Å². The van der Waals surface area contributed by atoms with Gasteiger partial charge in [0.05, 0.1) is 0 Å². The van der Waals surface area contributed by atoms with Crippen LogP contribution in [0, 0.1) is 0 Å². The lowest BCUT2D eigenvalue weighted by atomic mass is 10.3. The highest BCUT2D eigenvalue weighted by Gasteiger charge is 2.24. The van der Waals surface area contributed by atoms with E-state index in [0.717, 1.165) is 25.9 Å². The monoisotopic (exact) mass is 295 g/mol. The zero-order valence-corrected chi connectivity index (χ0v) is 12.1. The third-order valence-corrected chi connectivity index (χ3v) is 3.49. The van der Waals surface area contributed by atoms with Gasteiger partial charge in [0.1, 0.15) is 6.04 Å². The van der Waals surface area contributed by atoms with Crippen LogP contribution in [-0.2, 0) is 4.79 Å². The molecule has 0 aromatic heterocycles. The molecule has 1 aliphatic rings. The van der Waals surface area contributed by atoms with Crippen LogP contribution in [0.2, 0.25) is 5.02 Å². The zero-order valence-electron chi connectivity index (χ0n) is 11.4. The number of anilines is 1. The number of nitrogens with zero attached hydrogens (tertiary/aromatic N) is 1. The molecule has 1 saturated heterocycles. The van der Waals surface area contributed by atoms with Gasteiger partial charge in [0.25, 0.3) is 0 Å².